The van der Waals surface area contributed by atoms with Crippen molar-refractivity contribution < 1.29 is 13.9 Å². The molecule has 2 aromatic heterocycles. The molecule has 3 aromatic carbocycles. The van der Waals surface area contributed by atoms with Gasteiger partial charge in [-0.05, 0) is 30.3 Å². The van der Waals surface area contributed by atoms with Crippen LogP contribution >= 0.6 is 11.3 Å². The largest absolute Gasteiger partial charge is 0.497 e. The molecule has 0 amide bonds. The van der Waals surface area contributed by atoms with E-state index in [0.717, 1.165) is 15.8 Å². The molecule has 31 heavy (non-hydrogen) atoms. The Kier molecular flexibility index (Phi) is 3.82. The molecule has 1 aliphatic rings. The highest BCUT2D eigenvalue weighted by Crippen LogP contribution is 2.43. The summed E-state index contributed by atoms with van der Waals surface area (Å²) < 4.78 is 21.5. The molecule has 1 aliphatic carbocycles. The number of hydrogen-bond donors (Lipinski definition) is 0. The van der Waals surface area contributed by atoms with Gasteiger partial charge in [0.2, 0.25) is 5.13 Å². The number of benzene rings is 3. The maximum atomic E-state index is 13.7. The van der Waals surface area contributed by atoms with Crippen molar-refractivity contribution in [3.05, 3.63) is 83.7 Å². The van der Waals surface area contributed by atoms with Gasteiger partial charge in [-0.3, -0.25) is 4.79 Å². The number of hydrogen-bond acceptors (Lipinski definition) is 5. The van der Waals surface area contributed by atoms with Crippen LogP contribution in [0.4, 0.5) is 4.39 Å². The van der Waals surface area contributed by atoms with E-state index in [1.54, 1.807) is 17.9 Å². The Labute approximate surface area is 180 Å². The predicted octanol–water partition coefficient (Wildman–Crippen LogP) is 5.51. The lowest BCUT2D eigenvalue weighted by Crippen LogP contribution is -2.00. The zero-order valence-corrected chi connectivity index (χ0v) is 17.1. The molecule has 0 saturated heterocycles. The molecule has 7 heteroatoms. The fourth-order valence-electron chi connectivity index (χ4n) is 3.99. The highest BCUT2D eigenvalue weighted by Gasteiger charge is 2.36. The zero-order chi connectivity index (χ0) is 21.1. The minimum Gasteiger partial charge on any atom is -0.497 e. The minimum atomic E-state index is -0.314. The second-order valence-corrected chi connectivity index (χ2v) is 8.21. The minimum absolute atomic E-state index is 0.0678. The normalized spacial score (nSPS) is 12.3. The molecule has 5 aromatic rings. The van der Waals surface area contributed by atoms with Crippen LogP contribution in [0.3, 0.4) is 0 Å². The number of nitrogens with zero attached hydrogens (tertiary/aromatic N) is 3. The number of methoxy groups -OCH3 is 1. The summed E-state index contributed by atoms with van der Waals surface area (Å²) in [5, 5.41) is 5.39. The lowest BCUT2D eigenvalue weighted by atomic mass is 10.0. The van der Waals surface area contributed by atoms with E-state index < -0.39 is 0 Å². The van der Waals surface area contributed by atoms with Crippen molar-refractivity contribution in [2.75, 3.05) is 7.11 Å². The molecule has 0 radical (unpaired) electrons. The maximum absolute atomic E-state index is 13.7. The highest BCUT2D eigenvalue weighted by molar-refractivity contribution is 7.20. The van der Waals surface area contributed by atoms with Crippen LogP contribution < -0.4 is 4.74 Å². The number of thiazole rings is 1. The molecule has 0 N–H and O–H groups in total. The van der Waals surface area contributed by atoms with Crippen LogP contribution in [0.2, 0.25) is 0 Å². The van der Waals surface area contributed by atoms with E-state index in [1.807, 2.05) is 48.5 Å². The fourth-order valence-corrected chi connectivity index (χ4v) is 4.94. The molecular formula is C24H14FN3O2S. The number of halogens is 1. The fraction of sp³-hybridized carbons (Fsp3) is 0.0417. The Hall–Kier alpha value is -3.84. The summed E-state index contributed by atoms with van der Waals surface area (Å²) in [6.07, 6.45) is 0. The quantitative estimate of drug-likeness (QED) is 0.374. The van der Waals surface area contributed by atoms with E-state index in [-0.39, 0.29) is 11.6 Å². The van der Waals surface area contributed by atoms with Gasteiger partial charge in [-0.15, -0.1) is 0 Å². The summed E-state index contributed by atoms with van der Waals surface area (Å²) in [4.78, 5) is 18.0. The van der Waals surface area contributed by atoms with Crippen LogP contribution in [-0.4, -0.2) is 27.7 Å². The Balaban J connectivity index is 1.65. The first kappa shape index (κ1) is 18.0. The topological polar surface area (TPSA) is 57.0 Å². The number of ketones is 1. The zero-order valence-electron chi connectivity index (χ0n) is 16.3. The smallest absolute Gasteiger partial charge is 0.212 e. The molecule has 150 valence electrons. The summed E-state index contributed by atoms with van der Waals surface area (Å²) in [7, 11) is 1.60. The Morgan fingerprint density at radius 3 is 2.68 bits per heavy atom. The van der Waals surface area contributed by atoms with Gasteiger partial charge in [-0.2, -0.15) is 5.10 Å². The summed E-state index contributed by atoms with van der Waals surface area (Å²) in [5.74, 6) is 0.298. The van der Waals surface area contributed by atoms with Crippen molar-refractivity contribution in [3.8, 4) is 33.4 Å². The molecule has 6 rings (SSSR count). The van der Waals surface area contributed by atoms with Crippen LogP contribution in [0, 0.1) is 5.82 Å². The van der Waals surface area contributed by atoms with Crippen molar-refractivity contribution in [2.45, 2.75) is 0 Å². The monoisotopic (exact) mass is 427 g/mol. The standard InChI is InChI=1S/C24H14FN3O2S/c1-30-15-6-4-5-13(11-15)21-20-22(16-7-2-3-8-17(16)23(20)29)28(27-21)24-26-18-10-9-14(25)12-19(18)31-24/h2-12H,1H3. The van der Waals surface area contributed by atoms with E-state index >= 15 is 0 Å². The predicted molar refractivity (Wildman–Crippen MR) is 118 cm³/mol. The first-order valence-electron chi connectivity index (χ1n) is 9.62. The van der Waals surface area contributed by atoms with Crippen LogP contribution in [0.1, 0.15) is 15.9 Å². The van der Waals surface area contributed by atoms with Crippen LogP contribution in [0.15, 0.2) is 66.7 Å². The van der Waals surface area contributed by atoms with Gasteiger partial charge >= 0.3 is 0 Å². The number of carbonyl (C=O) groups excluding carboxylic acids is 1. The Bertz CT molecular complexity index is 1520. The molecule has 2 heterocycles. The number of ether oxygens (including phenoxy) is 1. The number of aromatic nitrogens is 3. The molecule has 5 nitrogen and oxygen atoms in total. The second kappa shape index (κ2) is 6.58. The van der Waals surface area contributed by atoms with Crippen LogP contribution in [-0.2, 0) is 0 Å². The third-order valence-electron chi connectivity index (χ3n) is 5.40. The lowest BCUT2D eigenvalue weighted by molar-refractivity contribution is 0.104. The summed E-state index contributed by atoms with van der Waals surface area (Å²) >= 11 is 1.34. The first-order valence-corrected chi connectivity index (χ1v) is 10.4. The lowest BCUT2D eigenvalue weighted by Gasteiger charge is -2.04. The molecule has 0 atom stereocenters. The molecular weight excluding hydrogens is 413 g/mol. The van der Waals surface area contributed by atoms with Crippen molar-refractivity contribution >= 4 is 27.3 Å². The number of carbonyl (C=O) groups is 1. The van der Waals surface area contributed by atoms with Crippen molar-refractivity contribution in [2.24, 2.45) is 0 Å². The highest BCUT2D eigenvalue weighted by atomic mass is 32.1. The van der Waals surface area contributed by atoms with E-state index in [0.29, 0.717) is 38.9 Å². The summed E-state index contributed by atoms with van der Waals surface area (Å²) in [5.41, 5.74) is 4.74. The van der Waals surface area contributed by atoms with Gasteiger partial charge in [-0.25, -0.2) is 14.1 Å². The maximum Gasteiger partial charge on any atom is 0.212 e. The summed E-state index contributed by atoms with van der Waals surface area (Å²) in [6.45, 7) is 0. The summed E-state index contributed by atoms with van der Waals surface area (Å²) in [6, 6.07) is 19.5. The third-order valence-corrected chi connectivity index (χ3v) is 6.40. The molecule has 0 spiro atoms. The van der Waals surface area contributed by atoms with Gasteiger partial charge in [0.1, 0.15) is 17.3 Å². The molecule has 0 fully saturated rings. The average molecular weight is 427 g/mol. The van der Waals surface area contributed by atoms with Crippen LogP contribution in [0.5, 0.6) is 5.75 Å². The van der Waals surface area contributed by atoms with Gasteiger partial charge in [-0.1, -0.05) is 47.7 Å². The molecule has 0 aliphatic heterocycles. The van der Waals surface area contributed by atoms with E-state index in [9.17, 15) is 9.18 Å². The van der Waals surface area contributed by atoms with Gasteiger partial charge in [0.05, 0.1) is 28.6 Å². The Morgan fingerprint density at radius 2 is 1.84 bits per heavy atom. The van der Waals surface area contributed by atoms with Crippen molar-refractivity contribution in [1.82, 2.24) is 14.8 Å². The third kappa shape index (κ3) is 2.63. The van der Waals surface area contributed by atoms with E-state index in [2.05, 4.69) is 4.98 Å². The molecule has 0 bridgehead atoms. The van der Waals surface area contributed by atoms with Gasteiger partial charge in [0.15, 0.2) is 5.78 Å². The van der Waals surface area contributed by atoms with Gasteiger partial charge in [0, 0.05) is 16.7 Å². The second-order valence-electron chi connectivity index (χ2n) is 7.20. The number of fused-ring (bicyclic) bond motifs is 4. The molecule has 0 saturated carbocycles. The van der Waals surface area contributed by atoms with Crippen molar-refractivity contribution in [1.29, 1.82) is 0 Å². The van der Waals surface area contributed by atoms with E-state index in [4.69, 9.17) is 9.84 Å². The first-order chi connectivity index (χ1) is 15.1. The van der Waals surface area contributed by atoms with Gasteiger partial charge in [0.25, 0.3) is 0 Å². The van der Waals surface area contributed by atoms with E-state index in [1.165, 1.54) is 23.5 Å². The Morgan fingerprint density at radius 1 is 1.00 bits per heavy atom. The molecule has 0 unspecified atom stereocenters. The SMILES string of the molecule is COc1cccc(-c2nn(-c3nc4ccc(F)cc4s3)c3c2C(=O)c2ccccc2-3)c1. The van der Waals surface area contributed by atoms with Gasteiger partial charge < -0.3 is 4.74 Å². The van der Waals surface area contributed by atoms with Crippen LogP contribution in [0.25, 0.3) is 37.9 Å². The van der Waals surface area contributed by atoms with Crippen molar-refractivity contribution in [3.63, 3.8) is 0 Å². The average Bonchev–Trinajstić information content (AvgIpc) is 3.46. The number of rotatable bonds is 3.